The number of amides is 1. The minimum absolute atomic E-state index is 0.0151. The van der Waals surface area contributed by atoms with Crippen LogP contribution in [0, 0.1) is 0 Å². The van der Waals surface area contributed by atoms with Crippen LogP contribution in [0.15, 0.2) is 0 Å². The van der Waals surface area contributed by atoms with Crippen molar-refractivity contribution < 1.29 is 14.7 Å². The lowest BCUT2D eigenvalue weighted by Gasteiger charge is -2.14. The van der Waals surface area contributed by atoms with Crippen LogP contribution < -0.4 is 10.6 Å². The smallest absolute Gasteiger partial charge is 0.217 e. The fraction of sp³-hybridized carbons (Fsp3) is 0.818. The normalized spacial score (nSPS) is 14.2. The number of rotatable bonds is 8. The summed E-state index contributed by atoms with van der Waals surface area (Å²) in [7, 11) is 0. The van der Waals surface area contributed by atoms with E-state index in [4.69, 9.17) is 5.11 Å². The fourth-order valence-corrected chi connectivity index (χ4v) is 1.41. The average Bonchev–Trinajstić information content (AvgIpc) is 2.14. The molecule has 0 aliphatic rings. The van der Waals surface area contributed by atoms with Crippen LogP contribution in [0.1, 0.15) is 40.0 Å². The van der Waals surface area contributed by atoms with Gasteiger partial charge in [0.05, 0.1) is 6.04 Å². The van der Waals surface area contributed by atoms with Crippen molar-refractivity contribution in [2.75, 3.05) is 6.54 Å². The van der Waals surface area contributed by atoms with Crippen molar-refractivity contribution >= 4 is 11.7 Å². The maximum atomic E-state index is 11.2. The molecule has 0 saturated heterocycles. The molecule has 0 aromatic carbocycles. The quantitative estimate of drug-likeness (QED) is 0.410. The second kappa shape index (κ2) is 8.24. The van der Waals surface area contributed by atoms with Crippen molar-refractivity contribution in [2.45, 2.75) is 52.3 Å². The Bertz CT molecular complexity index is 229. The highest BCUT2D eigenvalue weighted by molar-refractivity contribution is 5.86. The first-order chi connectivity index (χ1) is 7.43. The molecule has 0 aromatic rings. The van der Waals surface area contributed by atoms with Crippen LogP contribution >= 0.6 is 0 Å². The van der Waals surface area contributed by atoms with Gasteiger partial charge in [0, 0.05) is 6.92 Å². The van der Waals surface area contributed by atoms with E-state index in [0.717, 1.165) is 12.8 Å². The first kappa shape index (κ1) is 15.1. The Balaban J connectivity index is 3.69. The molecule has 0 heterocycles. The molecule has 0 spiro atoms. The molecule has 5 heteroatoms. The Morgan fingerprint density at radius 2 is 1.88 bits per heavy atom. The van der Waals surface area contributed by atoms with Gasteiger partial charge in [0.25, 0.3) is 0 Å². The first-order valence-electron chi connectivity index (χ1n) is 5.62. The molecule has 0 aliphatic carbocycles. The van der Waals surface area contributed by atoms with Crippen LogP contribution in [0.4, 0.5) is 0 Å². The van der Waals surface area contributed by atoms with Gasteiger partial charge in [-0.1, -0.05) is 0 Å². The number of aliphatic hydroxyl groups is 1. The van der Waals surface area contributed by atoms with Gasteiger partial charge < -0.3 is 10.4 Å². The van der Waals surface area contributed by atoms with Crippen molar-refractivity contribution in [3.05, 3.63) is 0 Å². The maximum absolute atomic E-state index is 11.2. The molecule has 0 rings (SSSR count). The largest absolute Gasteiger partial charge is 0.379 e. The summed E-state index contributed by atoms with van der Waals surface area (Å²) >= 11 is 0. The minimum atomic E-state index is -0.501. The van der Waals surface area contributed by atoms with E-state index in [1.165, 1.54) is 13.8 Å². The molecule has 1 amide bonds. The number of aliphatic hydroxyl groups excluding tert-OH is 1. The summed E-state index contributed by atoms with van der Waals surface area (Å²) in [6.45, 7) is 5.26. The van der Waals surface area contributed by atoms with Crippen molar-refractivity contribution in [1.29, 1.82) is 0 Å². The number of ketones is 1. The van der Waals surface area contributed by atoms with Gasteiger partial charge >= 0.3 is 0 Å². The SMILES string of the molecule is CC(=O)NC(CCCCN[C@@H](C)O)C(C)=O. The summed E-state index contributed by atoms with van der Waals surface area (Å²) in [6, 6.07) is -0.371. The highest BCUT2D eigenvalue weighted by Crippen LogP contribution is 2.02. The third-order valence-electron chi connectivity index (χ3n) is 2.23. The van der Waals surface area contributed by atoms with Crippen molar-refractivity contribution in [1.82, 2.24) is 10.6 Å². The molecule has 0 radical (unpaired) electrons. The van der Waals surface area contributed by atoms with Crippen LogP contribution in [-0.2, 0) is 9.59 Å². The maximum Gasteiger partial charge on any atom is 0.217 e. The van der Waals surface area contributed by atoms with E-state index < -0.39 is 6.23 Å². The second-order valence-corrected chi connectivity index (χ2v) is 3.99. The zero-order valence-corrected chi connectivity index (χ0v) is 10.2. The molecule has 0 aromatic heterocycles. The Labute approximate surface area is 96.6 Å². The first-order valence-corrected chi connectivity index (χ1v) is 5.62. The van der Waals surface area contributed by atoms with E-state index in [-0.39, 0.29) is 17.7 Å². The average molecular weight is 230 g/mol. The van der Waals surface area contributed by atoms with Crippen LogP contribution in [-0.4, -0.2) is 35.6 Å². The Kier molecular flexibility index (Phi) is 7.76. The van der Waals surface area contributed by atoms with Gasteiger partial charge in [0.15, 0.2) is 5.78 Å². The highest BCUT2D eigenvalue weighted by atomic mass is 16.3. The third kappa shape index (κ3) is 8.38. The predicted octanol–water partition coefficient (Wildman–Crippen LogP) is 0.178. The summed E-state index contributed by atoms with van der Waals surface area (Å²) in [5.74, 6) is -0.194. The monoisotopic (exact) mass is 230 g/mol. The van der Waals surface area contributed by atoms with E-state index in [1.807, 2.05) is 0 Å². The number of unbranched alkanes of at least 4 members (excludes halogenated alkanes) is 1. The van der Waals surface area contributed by atoms with Crippen LogP contribution in [0.5, 0.6) is 0 Å². The summed E-state index contributed by atoms with van der Waals surface area (Å²) < 4.78 is 0. The summed E-state index contributed by atoms with van der Waals surface area (Å²) in [6.07, 6.45) is 1.86. The Morgan fingerprint density at radius 3 is 2.31 bits per heavy atom. The summed E-state index contributed by atoms with van der Waals surface area (Å²) in [5, 5.41) is 14.4. The molecular weight excluding hydrogens is 208 g/mol. The number of hydrogen-bond acceptors (Lipinski definition) is 4. The fourth-order valence-electron chi connectivity index (χ4n) is 1.41. The molecule has 2 atom stereocenters. The third-order valence-corrected chi connectivity index (χ3v) is 2.23. The molecule has 0 saturated carbocycles. The van der Waals surface area contributed by atoms with Gasteiger partial charge in [-0.05, 0) is 39.7 Å². The Morgan fingerprint density at radius 1 is 1.25 bits per heavy atom. The molecule has 94 valence electrons. The van der Waals surface area contributed by atoms with Gasteiger partial charge in [0.2, 0.25) is 5.91 Å². The summed E-state index contributed by atoms with van der Waals surface area (Å²) in [4.78, 5) is 22.0. The summed E-state index contributed by atoms with van der Waals surface area (Å²) in [5.41, 5.74) is 0. The van der Waals surface area contributed by atoms with Crippen molar-refractivity contribution in [3.8, 4) is 0 Å². The van der Waals surface area contributed by atoms with E-state index in [1.54, 1.807) is 6.92 Å². The molecule has 3 N–H and O–H groups in total. The molecular formula is C11H22N2O3. The second-order valence-electron chi connectivity index (χ2n) is 3.99. The van der Waals surface area contributed by atoms with Gasteiger partial charge in [-0.25, -0.2) is 0 Å². The molecule has 0 aliphatic heterocycles. The van der Waals surface area contributed by atoms with E-state index in [9.17, 15) is 9.59 Å². The van der Waals surface area contributed by atoms with Crippen LogP contribution in [0.2, 0.25) is 0 Å². The lowest BCUT2D eigenvalue weighted by atomic mass is 10.1. The lowest BCUT2D eigenvalue weighted by Crippen LogP contribution is -2.38. The molecule has 0 fully saturated rings. The number of carbonyl (C=O) groups excluding carboxylic acids is 2. The number of hydrogen-bond donors (Lipinski definition) is 3. The van der Waals surface area contributed by atoms with Gasteiger partial charge in [-0.15, -0.1) is 0 Å². The molecule has 5 nitrogen and oxygen atoms in total. The lowest BCUT2D eigenvalue weighted by molar-refractivity contribution is -0.125. The van der Waals surface area contributed by atoms with Crippen LogP contribution in [0.3, 0.4) is 0 Å². The number of Topliss-reactive ketones (excluding diaryl/α,β-unsaturated/α-hetero) is 1. The standard InChI is InChI=1S/C11H22N2O3/c1-8(14)11(13-10(3)16)6-4-5-7-12-9(2)15/h9,11-12,15H,4-7H2,1-3H3,(H,13,16)/t9-,11?/m1/s1. The van der Waals surface area contributed by atoms with E-state index in [0.29, 0.717) is 13.0 Å². The predicted molar refractivity (Wildman–Crippen MR) is 61.8 cm³/mol. The zero-order valence-electron chi connectivity index (χ0n) is 10.2. The highest BCUT2D eigenvalue weighted by Gasteiger charge is 2.14. The topological polar surface area (TPSA) is 78.4 Å². The van der Waals surface area contributed by atoms with Gasteiger partial charge in [0.1, 0.15) is 6.23 Å². The number of nitrogens with one attached hydrogen (secondary N) is 2. The zero-order chi connectivity index (χ0) is 12.6. The molecule has 16 heavy (non-hydrogen) atoms. The molecule has 1 unspecified atom stereocenters. The van der Waals surface area contributed by atoms with E-state index in [2.05, 4.69) is 10.6 Å². The Hall–Kier alpha value is -0.940. The van der Waals surface area contributed by atoms with Crippen molar-refractivity contribution in [3.63, 3.8) is 0 Å². The van der Waals surface area contributed by atoms with Crippen molar-refractivity contribution in [2.24, 2.45) is 0 Å². The van der Waals surface area contributed by atoms with E-state index >= 15 is 0 Å². The van der Waals surface area contributed by atoms with Crippen LogP contribution in [0.25, 0.3) is 0 Å². The van der Waals surface area contributed by atoms with Gasteiger partial charge in [-0.2, -0.15) is 0 Å². The molecule has 0 bridgehead atoms. The minimum Gasteiger partial charge on any atom is -0.379 e. The number of carbonyl (C=O) groups is 2. The van der Waals surface area contributed by atoms with Gasteiger partial charge in [-0.3, -0.25) is 14.9 Å².